The van der Waals surface area contributed by atoms with Crippen LogP contribution in [0.1, 0.15) is 194 Å². The van der Waals surface area contributed by atoms with E-state index in [-0.39, 0.29) is 92.9 Å². The monoisotopic (exact) mass is 1240 g/mol. The van der Waals surface area contributed by atoms with Crippen LogP contribution >= 0.6 is 0 Å². The predicted octanol–water partition coefficient (Wildman–Crippen LogP) is 11.8. The molecule has 0 heterocycles. The topological polar surface area (TPSA) is 222 Å². The molecule has 0 rings (SSSR count). The van der Waals surface area contributed by atoms with Crippen molar-refractivity contribution in [2.24, 2.45) is 70.8 Å². The molecule has 0 aliphatic heterocycles. The van der Waals surface area contributed by atoms with Crippen molar-refractivity contribution in [3.05, 3.63) is 0 Å². The van der Waals surface area contributed by atoms with Gasteiger partial charge in [0.2, 0.25) is 17.7 Å². The molecule has 0 aromatic heterocycles. The Morgan fingerprint density at radius 1 is 0.464 bits per heavy atom. The van der Waals surface area contributed by atoms with Crippen LogP contribution in [-0.2, 0) is 14.4 Å². The molecule has 3 amide bonds. The van der Waals surface area contributed by atoms with E-state index in [0.717, 1.165) is 32.7 Å². The summed E-state index contributed by atoms with van der Waals surface area (Å²) in [6.07, 6.45) is -2.60. The van der Waals surface area contributed by atoms with Crippen molar-refractivity contribution in [1.82, 2.24) is 37.2 Å². The summed E-state index contributed by atoms with van der Waals surface area (Å²) in [5, 5.41) is 45.0. The number of carbonyl (C=O) groups is 3. The highest BCUT2D eigenvalue weighted by Gasteiger charge is 2.16. The lowest BCUT2D eigenvalue weighted by molar-refractivity contribution is -0.125. The fourth-order valence-corrected chi connectivity index (χ4v) is 2.98. The van der Waals surface area contributed by atoms with E-state index in [4.69, 9.17) is 21.1 Å². The van der Waals surface area contributed by atoms with Gasteiger partial charge >= 0.3 is 0 Å². The van der Waals surface area contributed by atoms with Crippen LogP contribution in [0, 0.1) is 65.1 Å². The molecule has 0 saturated heterocycles. The minimum atomic E-state index is -2.46. The highest BCUT2D eigenvalue weighted by molar-refractivity contribution is 5.78. The summed E-state index contributed by atoms with van der Waals surface area (Å²) in [5.41, 5.74) is 4.67. The highest BCUT2D eigenvalue weighted by Crippen LogP contribution is 2.13. The zero-order valence-corrected chi connectivity index (χ0v) is 59.4. The smallest absolute Gasteiger partial charge is 0.255 e. The lowest BCUT2D eigenvalue weighted by Gasteiger charge is -2.21. The van der Waals surface area contributed by atoms with Crippen LogP contribution in [0.3, 0.4) is 0 Å². The zero-order valence-electron chi connectivity index (χ0n) is 59.4. The van der Waals surface area contributed by atoms with Gasteiger partial charge in [0, 0.05) is 62.6 Å². The Morgan fingerprint density at radius 2 is 0.726 bits per heavy atom. The van der Waals surface area contributed by atoms with Gasteiger partial charge in [-0.3, -0.25) is 14.4 Å². The minimum Gasteiger partial charge on any atom is -0.396 e. The molecule has 0 bridgehead atoms. The van der Waals surface area contributed by atoms with Gasteiger partial charge in [-0.1, -0.05) is 152 Å². The van der Waals surface area contributed by atoms with Gasteiger partial charge in [-0.2, -0.15) is 0 Å². The Bertz CT molecular complexity index is 1210. The van der Waals surface area contributed by atoms with Crippen LogP contribution in [0.4, 0.5) is 30.7 Å². The average molecular weight is 1240 g/mol. The quantitative estimate of drug-likeness (QED) is 0.0274. The Morgan fingerprint density at radius 3 is 0.869 bits per heavy atom. The third-order valence-electron chi connectivity index (χ3n) is 10.0. The van der Waals surface area contributed by atoms with Gasteiger partial charge in [-0.15, -0.1) is 0 Å². The summed E-state index contributed by atoms with van der Waals surface area (Å²) in [7, 11) is 1.64. The van der Waals surface area contributed by atoms with Crippen LogP contribution in [0.25, 0.3) is 0 Å². The first-order valence-electron chi connectivity index (χ1n) is 30.8. The molecule has 0 aliphatic carbocycles. The Balaban J connectivity index is -0.0000000780. The zero-order chi connectivity index (χ0) is 69.3. The molecule has 84 heavy (non-hydrogen) atoms. The first kappa shape index (κ1) is 106. The maximum absolute atomic E-state index is 11.8. The van der Waals surface area contributed by atoms with Crippen molar-refractivity contribution < 1.29 is 60.4 Å². The van der Waals surface area contributed by atoms with E-state index in [1.807, 2.05) is 90.0 Å². The van der Waals surface area contributed by atoms with Crippen molar-refractivity contribution >= 4 is 17.7 Å². The van der Waals surface area contributed by atoms with Gasteiger partial charge in [0.05, 0.1) is 18.2 Å². The molecule has 12 N–H and O–H groups in total. The summed E-state index contributed by atoms with van der Waals surface area (Å²) >= 11 is 0. The molecule has 4 atom stereocenters. The van der Waals surface area contributed by atoms with Crippen molar-refractivity contribution in [2.75, 3.05) is 99.4 Å². The lowest BCUT2D eigenvalue weighted by Crippen LogP contribution is -2.31. The van der Waals surface area contributed by atoms with Crippen molar-refractivity contribution in [3.8, 4) is 0 Å². The number of nitrogens with one attached hydrogen (secondary N) is 7. The van der Waals surface area contributed by atoms with Gasteiger partial charge in [0.15, 0.2) is 0 Å². The average Bonchev–Trinajstić information content (AvgIpc) is 3.40. The second-order valence-electron chi connectivity index (χ2n) is 25.1. The molecule has 2 unspecified atom stereocenters. The number of aliphatic hydroxyl groups is 3. The fraction of sp³-hybridized carbons (Fsp3) is 0.952. The van der Waals surface area contributed by atoms with E-state index in [9.17, 15) is 45.1 Å². The van der Waals surface area contributed by atoms with E-state index in [0.29, 0.717) is 60.5 Å². The van der Waals surface area contributed by atoms with Crippen LogP contribution < -0.4 is 43.0 Å². The highest BCUT2D eigenvalue weighted by atomic mass is 19.3. The van der Waals surface area contributed by atoms with E-state index in [1.165, 1.54) is 0 Å². The van der Waals surface area contributed by atoms with E-state index in [2.05, 4.69) is 106 Å². The van der Waals surface area contributed by atoms with Crippen molar-refractivity contribution in [2.45, 2.75) is 230 Å². The molecule has 520 valence electrons. The molecule has 14 nitrogen and oxygen atoms in total. The summed E-state index contributed by atoms with van der Waals surface area (Å²) in [5.74, 6) is 3.84. The number of hydrogen-bond acceptors (Lipinski definition) is 11. The molecule has 0 aromatic rings. The summed E-state index contributed by atoms with van der Waals surface area (Å²) in [6, 6.07) is 0.0622. The first-order chi connectivity index (χ1) is 38.3. The van der Waals surface area contributed by atoms with Crippen molar-refractivity contribution in [3.63, 3.8) is 0 Å². The van der Waals surface area contributed by atoms with Gasteiger partial charge in [0.25, 0.3) is 6.43 Å². The Hall–Kier alpha value is -2.40. The van der Waals surface area contributed by atoms with Gasteiger partial charge < -0.3 is 58.3 Å². The third-order valence-corrected chi connectivity index (χ3v) is 10.0. The second-order valence-corrected chi connectivity index (χ2v) is 25.1. The molecule has 0 aliphatic rings. The summed E-state index contributed by atoms with van der Waals surface area (Å²) < 4.78 is 81.0. The maximum atomic E-state index is 11.8. The van der Waals surface area contributed by atoms with Crippen LogP contribution in [0.2, 0.25) is 0 Å². The molecular weight excluding hydrogens is 1100 g/mol. The minimum absolute atomic E-state index is 0.0207. The van der Waals surface area contributed by atoms with Gasteiger partial charge in [-0.05, 0) is 122 Å². The molecule has 0 aromatic carbocycles. The number of nitrogens with two attached hydrogens (primary N) is 1. The second kappa shape index (κ2) is 76.7. The normalized spacial score (nSPS) is 12.0. The fourth-order valence-electron chi connectivity index (χ4n) is 2.98. The first-order valence-corrected chi connectivity index (χ1v) is 30.8. The standard InChI is InChI=1S/3C7H16FN.C6H11F2NO.C6H12FNO.C6H14FN.C6H14O.C5H11NO.C5H12O.C4H11N.C4H10O/c3*1-6(2)5-9-7(3)4-8;1-4(2)6(10)9-3-5(7)8;1-5(2)6(9)8-4-3-7;1-6(2)5-8-4-3-7;1-5(2)6(3,4)7;1-4(2)5(7)6-3;1-4(2)5(3)6;2*1-4(2)3-5/h3*6-7,9H,4-5H2,1-3H3;4-5H,3H2,1-2H3,(H,9,10);5H,3-4H2,1-2H3,(H,8,9);6,8H,3-5H2,1-2H3;5,7H,1-4H3;4H,1-3H3,(H,6,7);4-6H,1-3H3;4H,3,5H2,1-2H3;4-5H,3H2,1-2H3/t2*7-;;;;;;;;;/m10........./s1. The molecule has 0 spiro atoms. The molecule has 0 fully saturated rings. The number of alkyl halides is 7. The molecule has 0 saturated carbocycles. The number of rotatable bonds is 27. The van der Waals surface area contributed by atoms with Crippen molar-refractivity contribution in [1.29, 1.82) is 0 Å². The van der Waals surface area contributed by atoms with E-state index in [1.54, 1.807) is 41.7 Å². The van der Waals surface area contributed by atoms with Gasteiger partial charge in [-0.25, -0.2) is 30.7 Å². The van der Waals surface area contributed by atoms with Crippen LogP contribution in [-0.4, -0.2) is 169 Å². The van der Waals surface area contributed by atoms with Crippen LogP contribution in [0.15, 0.2) is 0 Å². The summed E-state index contributed by atoms with van der Waals surface area (Å²) in [6.45, 7) is 57.8. The Kier molecular flexibility index (Phi) is 97.1. The number of aliphatic hydroxyl groups excluding tert-OH is 2. The molecule has 21 heteroatoms. The number of hydrogen-bond donors (Lipinski definition) is 11. The lowest BCUT2D eigenvalue weighted by atomic mass is 9.95. The number of carbonyl (C=O) groups excluding carboxylic acids is 3. The molecule has 0 radical (unpaired) electrons. The largest absolute Gasteiger partial charge is 0.396 e. The summed E-state index contributed by atoms with van der Waals surface area (Å²) in [4.78, 5) is 31.6. The SMILES string of the molecule is CC(C)C(=O)NCC(F)F.CC(C)C(=O)NCCF.CC(C)C(C)(C)O.CC(C)C(C)O.CC(C)CN.CC(C)CNC(C)CF.CC(C)CNCCF.CC(C)CN[C@@H](C)CF.CC(C)CN[C@H](C)CF.CC(C)CO.CNC(=O)C(C)C. The van der Waals surface area contributed by atoms with E-state index < -0.39 is 25.2 Å². The predicted molar refractivity (Wildman–Crippen MR) is 349 cm³/mol. The van der Waals surface area contributed by atoms with Gasteiger partial charge in [0.1, 0.15) is 33.4 Å². The third kappa shape index (κ3) is 134. The van der Waals surface area contributed by atoms with Crippen LogP contribution in [0.5, 0.6) is 0 Å². The molecular formula is C63H143F7N8O6. The van der Waals surface area contributed by atoms with E-state index >= 15 is 0 Å². The Labute approximate surface area is 514 Å². The maximum Gasteiger partial charge on any atom is 0.255 e. The number of halogens is 7. The number of amides is 3.